The minimum absolute atomic E-state index is 0.0691. The first-order valence-electron chi connectivity index (χ1n) is 11.3. The Bertz CT molecular complexity index is 1420. The molecular weight excluding hydrogens is 462 g/mol. The molecule has 1 saturated heterocycles. The van der Waals surface area contributed by atoms with Gasteiger partial charge in [-0.25, -0.2) is 0 Å². The fourth-order valence-corrected chi connectivity index (χ4v) is 4.82. The average molecular weight is 490 g/mol. The van der Waals surface area contributed by atoms with Crippen molar-refractivity contribution in [3.05, 3.63) is 92.5 Å². The number of amides is 1. The Labute approximate surface area is 207 Å². The summed E-state index contributed by atoms with van der Waals surface area (Å²) in [6.07, 6.45) is 7.56. The number of thiophene rings is 1. The molecule has 0 spiro atoms. The van der Waals surface area contributed by atoms with E-state index in [-0.39, 0.29) is 11.1 Å². The molecule has 180 valence electrons. The fraction of sp³-hybridized carbons (Fsp3) is 0.222. The first kappa shape index (κ1) is 24.4. The standard InChI is InChI=1S/C27H27N3O4S/c1-3-6-18(10-9-17(2)24(28)19-7-4-5-8-20(19)27(29)32)21-16-35-26-22(31)15-23(34-25(21)26)30-11-13-33-14-12-30/h3-10,15-16,28H,11-14H2,1-2H3,(H2,29,32)/b6-3-,17-9+,18-10+,28-24?. The van der Waals surface area contributed by atoms with Crippen molar-refractivity contribution in [2.75, 3.05) is 31.2 Å². The number of carbonyl (C=O) groups excluding carboxylic acids is 1. The molecule has 7 nitrogen and oxygen atoms in total. The summed E-state index contributed by atoms with van der Waals surface area (Å²) in [6, 6.07) is 8.38. The van der Waals surface area contributed by atoms with Crippen molar-refractivity contribution >= 4 is 44.7 Å². The van der Waals surface area contributed by atoms with Crippen LogP contribution in [0.15, 0.2) is 74.8 Å². The van der Waals surface area contributed by atoms with Gasteiger partial charge in [-0.2, -0.15) is 0 Å². The number of rotatable bonds is 7. The van der Waals surface area contributed by atoms with Crippen LogP contribution in [0.4, 0.5) is 5.88 Å². The molecule has 3 N–H and O–H groups in total. The van der Waals surface area contributed by atoms with Gasteiger partial charge in [0.1, 0.15) is 4.70 Å². The lowest BCUT2D eigenvalue weighted by molar-refractivity contribution is 0.1000. The van der Waals surface area contributed by atoms with Crippen LogP contribution in [0.1, 0.15) is 35.3 Å². The van der Waals surface area contributed by atoms with Crippen molar-refractivity contribution in [3.63, 3.8) is 0 Å². The third-order valence-electron chi connectivity index (χ3n) is 5.78. The molecule has 0 unspecified atom stereocenters. The Balaban J connectivity index is 1.73. The number of ether oxygens (including phenoxy) is 1. The van der Waals surface area contributed by atoms with E-state index in [2.05, 4.69) is 0 Å². The van der Waals surface area contributed by atoms with Gasteiger partial charge < -0.3 is 19.8 Å². The molecule has 1 fully saturated rings. The van der Waals surface area contributed by atoms with Gasteiger partial charge >= 0.3 is 0 Å². The number of anilines is 1. The Kier molecular flexibility index (Phi) is 7.43. The topological polar surface area (TPSA) is 110 Å². The SMILES string of the molecule is C\C=C/C(=C\C=C(/C)C(=N)c1ccccc1C(N)=O)c1csc2c(=O)cc(N3CCOCC3)oc12. The maximum atomic E-state index is 12.8. The number of fused-ring (bicyclic) bond motifs is 1. The molecule has 0 atom stereocenters. The highest BCUT2D eigenvalue weighted by molar-refractivity contribution is 7.17. The highest BCUT2D eigenvalue weighted by atomic mass is 32.1. The number of primary amides is 1. The maximum absolute atomic E-state index is 12.8. The van der Waals surface area contributed by atoms with E-state index in [9.17, 15) is 9.59 Å². The Morgan fingerprint density at radius 3 is 2.54 bits per heavy atom. The van der Waals surface area contributed by atoms with Crippen LogP contribution in [0.2, 0.25) is 0 Å². The number of allylic oxidation sites excluding steroid dienone is 6. The monoisotopic (exact) mass is 489 g/mol. The first-order valence-corrected chi connectivity index (χ1v) is 12.2. The lowest BCUT2D eigenvalue weighted by atomic mass is 9.97. The van der Waals surface area contributed by atoms with E-state index in [1.165, 1.54) is 11.3 Å². The predicted molar refractivity (Wildman–Crippen MR) is 142 cm³/mol. The molecule has 35 heavy (non-hydrogen) atoms. The van der Waals surface area contributed by atoms with Crippen molar-refractivity contribution in [2.45, 2.75) is 13.8 Å². The van der Waals surface area contributed by atoms with E-state index in [1.807, 2.05) is 48.4 Å². The summed E-state index contributed by atoms with van der Waals surface area (Å²) in [5.74, 6) is -0.0269. The van der Waals surface area contributed by atoms with Crippen molar-refractivity contribution < 1.29 is 13.9 Å². The smallest absolute Gasteiger partial charge is 0.249 e. The molecule has 4 rings (SSSR count). The summed E-state index contributed by atoms with van der Waals surface area (Å²) >= 11 is 1.35. The number of carbonyl (C=O) groups is 1. The Morgan fingerprint density at radius 2 is 1.86 bits per heavy atom. The van der Waals surface area contributed by atoms with Crippen LogP contribution in [0.3, 0.4) is 0 Å². The number of nitrogens with zero attached hydrogens (tertiary/aromatic N) is 1. The minimum Gasteiger partial charge on any atom is -0.439 e. The molecule has 0 saturated carbocycles. The van der Waals surface area contributed by atoms with Gasteiger partial charge in [-0.15, -0.1) is 11.3 Å². The van der Waals surface area contributed by atoms with Gasteiger partial charge in [0.25, 0.3) is 0 Å². The largest absolute Gasteiger partial charge is 0.439 e. The number of hydrogen-bond acceptors (Lipinski definition) is 7. The number of morpholine rings is 1. The number of nitrogens with two attached hydrogens (primary N) is 1. The molecule has 0 aliphatic carbocycles. The number of hydrogen-bond donors (Lipinski definition) is 2. The molecule has 1 aliphatic rings. The van der Waals surface area contributed by atoms with Crippen LogP contribution in [-0.4, -0.2) is 37.9 Å². The normalized spacial score (nSPS) is 15.2. The van der Waals surface area contributed by atoms with Gasteiger partial charge in [0.05, 0.1) is 18.9 Å². The highest BCUT2D eigenvalue weighted by Gasteiger charge is 2.19. The van der Waals surface area contributed by atoms with Gasteiger partial charge in [0.2, 0.25) is 11.3 Å². The minimum atomic E-state index is -0.570. The first-order chi connectivity index (χ1) is 16.9. The van der Waals surface area contributed by atoms with E-state index < -0.39 is 5.91 Å². The quantitative estimate of drug-likeness (QED) is 0.367. The second-order valence-corrected chi connectivity index (χ2v) is 8.99. The van der Waals surface area contributed by atoms with Crippen molar-refractivity contribution in [3.8, 4) is 0 Å². The van der Waals surface area contributed by atoms with Crippen molar-refractivity contribution in [1.82, 2.24) is 0 Å². The summed E-state index contributed by atoms with van der Waals surface area (Å²) in [6.45, 7) is 6.25. The molecule has 1 aliphatic heterocycles. The Hall–Kier alpha value is -3.75. The highest BCUT2D eigenvalue weighted by Crippen LogP contribution is 2.33. The lowest BCUT2D eigenvalue weighted by Crippen LogP contribution is -2.36. The molecule has 0 bridgehead atoms. The number of benzene rings is 1. The molecule has 1 amide bonds. The predicted octanol–water partition coefficient (Wildman–Crippen LogP) is 4.76. The van der Waals surface area contributed by atoms with Crippen LogP contribution in [0.25, 0.3) is 15.9 Å². The third-order valence-corrected chi connectivity index (χ3v) is 6.76. The number of nitrogens with one attached hydrogen (secondary N) is 1. The Morgan fingerprint density at radius 1 is 1.14 bits per heavy atom. The summed E-state index contributed by atoms with van der Waals surface area (Å²) in [5.41, 5.74) is 9.29. The van der Waals surface area contributed by atoms with Crippen molar-refractivity contribution in [1.29, 1.82) is 5.41 Å². The summed E-state index contributed by atoms with van der Waals surface area (Å²) in [5, 5.41) is 10.5. The van der Waals surface area contributed by atoms with Crippen molar-refractivity contribution in [2.24, 2.45) is 5.73 Å². The zero-order valence-corrected chi connectivity index (χ0v) is 20.5. The zero-order valence-electron chi connectivity index (χ0n) is 19.7. The van der Waals surface area contributed by atoms with Gasteiger partial charge in [-0.05, 0) is 31.1 Å². The summed E-state index contributed by atoms with van der Waals surface area (Å²) in [4.78, 5) is 26.6. The van der Waals surface area contributed by atoms with Gasteiger partial charge in [0.15, 0.2) is 11.5 Å². The molecule has 8 heteroatoms. The summed E-state index contributed by atoms with van der Waals surface area (Å²) in [7, 11) is 0. The second-order valence-electron chi connectivity index (χ2n) is 8.11. The van der Waals surface area contributed by atoms with Gasteiger partial charge in [-0.3, -0.25) is 15.0 Å². The molecular formula is C27H27N3O4S. The van der Waals surface area contributed by atoms with Crippen LogP contribution in [-0.2, 0) is 4.74 Å². The van der Waals surface area contributed by atoms with E-state index in [0.29, 0.717) is 59.2 Å². The van der Waals surface area contributed by atoms with E-state index >= 15 is 0 Å². The molecule has 0 radical (unpaired) electrons. The second kappa shape index (κ2) is 10.7. The van der Waals surface area contributed by atoms with Crippen LogP contribution in [0, 0.1) is 5.41 Å². The zero-order chi connectivity index (χ0) is 24.9. The van der Waals surface area contributed by atoms with Crippen LogP contribution >= 0.6 is 11.3 Å². The van der Waals surface area contributed by atoms with Crippen LogP contribution < -0.4 is 16.1 Å². The molecule has 3 aromatic rings. The fourth-order valence-electron chi connectivity index (χ4n) is 3.91. The maximum Gasteiger partial charge on any atom is 0.249 e. The van der Waals surface area contributed by atoms with E-state index in [1.54, 1.807) is 30.3 Å². The molecule has 1 aromatic carbocycles. The van der Waals surface area contributed by atoms with Crippen LogP contribution in [0.5, 0.6) is 0 Å². The third kappa shape index (κ3) is 5.18. The van der Waals surface area contributed by atoms with Gasteiger partial charge in [-0.1, -0.05) is 42.5 Å². The van der Waals surface area contributed by atoms with Gasteiger partial charge in [0, 0.05) is 41.2 Å². The lowest BCUT2D eigenvalue weighted by Gasteiger charge is -2.27. The average Bonchev–Trinajstić information content (AvgIpc) is 3.31. The van der Waals surface area contributed by atoms with E-state index in [4.69, 9.17) is 20.3 Å². The molecule has 3 heterocycles. The van der Waals surface area contributed by atoms with E-state index in [0.717, 1.165) is 11.1 Å². The molecule has 2 aromatic heterocycles. The summed E-state index contributed by atoms with van der Waals surface area (Å²) < 4.78 is 12.2.